The van der Waals surface area contributed by atoms with Crippen molar-refractivity contribution in [2.75, 3.05) is 6.54 Å². The van der Waals surface area contributed by atoms with E-state index in [9.17, 15) is 8.42 Å². The molecule has 0 bridgehead atoms. The zero-order chi connectivity index (χ0) is 15.3. The summed E-state index contributed by atoms with van der Waals surface area (Å²) in [5, 5.41) is 0. The van der Waals surface area contributed by atoms with E-state index < -0.39 is 10.0 Å². The Bertz CT molecular complexity index is 681. The molecular formula is C17H21NO2S. The molecule has 0 aliphatic rings. The molecule has 0 saturated carbocycles. The third-order valence-corrected chi connectivity index (χ3v) is 4.74. The molecule has 1 atom stereocenters. The maximum absolute atomic E-state index is 12.1. The molecule has 1 N–H and O–H groups in total. The summed E-state index contributed by atoms with van der Waals surface area (Å²) < 4.78 is 27.0. The second-order valence-corrected chi connectivity index (χ2v) is 7.22. The number of rotatable bonds is 6. The molecule has 0 aromatic heterocycles. The van der Waals surface area contributed by atoms with Crippen molar-refractivity contribution >= 4 is 10.0 Å². The first kappa shape index (κ1) is 15.7. The van der Waals surface area contributed by atoms with Gasteiger partial charge < -0.3 is 0 Å². The molecular weight excluding hydrogens is 282 g/mol. The number of hydrogen-bond donors (Lipinski definition) is 1. The average Bonchev–Trinajstić information content (AvgIpc) is 2.45. The third-order valence-electron chi connectivity index (χ3n) is 3.42. The van der Waals surface area contributed by atoms with E-state index in [0.29, 0.717) is 6.54 Å². The summed E-state index contributed by atoms with van der Waals surface area (Å²) >= 11 is 0. The van der Waals surface area contributed by atoms with Crippen molar-refractivity contribution < 1.29 is 8.42 Å². The Kier molecular flexibility index (Phi) is 5.15. The lowest BCUT2D eigenvalue weighted by Gasteiger charge is -2.13. The van der Waals surface area contributed by atoms with E-state index in [0.717, 1.165) is 16.7 Å². The Balaban J connectivity index is 1.95. The highest BCUT2D eigenvalue weighted by molar-refractivity contribution is 7.88. The molecule has 2 rings (SSSR count). The zero-order valence-corrected chi connectivity index (χ0v) is 13.2. The van der Waals surface area contributed by atoms with E-state index in [1.54, 1.807) is 0 Å². The number of aryl methyl sites for hydroxylation is 1. The summed E-state index contributed by atoms with van der Waals surface area (Å²) in [5.74, 6) is 0.175. The highest BCUT2D eigenvalue weighted by atomic mass is 32.2. The monoisotopic (exact) mass is 303 g/mol. The molecule has 21 heavy (non-hydrogen) atoms. The molecule has 0 aliphatic heterocycles. The molecule has 0 saturated heterocycles. The second-order valence-electron chi connectivity index (χ2n) is 5.41. The fraction of sp³-hybridized carbons (Fsp3) is 0.294. The SMILES string of the molecule is Cc1cccc(CS(=O)(=O)NC[C@@H](C)c2ccccc2)c1. The van der Waals surface area contributed by atoms with Crippen molar-refractivity contribution in [1.29, 1.82) is 0 Å². The predicted octanol–water partition coefficient (Wildman–Crippen LogP) is 3.22. The van der Waals surface area contributed by atoms with Crippen LogP contribution in [0.2, 0.25) is 0 Å². The molecule has 2 aromatic carbocycles. The van der Waals surface area contributed by atoms with E-state index in [2.05, 4.69) is 4.72 Å². The Morgan fingerprint density at radius 1 is 1.05 bits per heavy atom. The van der Waals surface area contributed by atoms with E-state index in [-0.39, 0.29) is 11.7 Å². The maximum atomic E-state index is 12.1. The van der Waals surface area contributed by atoms with Crippen molar-refractivity contribution in [3.05, 3.63) is 71.3 Å². The van der Waals surface area contributed by atoms with Gasteiger partial charge in [0.15, 0.2) is 0 Å². The van der Waals surface area contributed by atoms with Gasteiger partial charge in [-0.15, -0.1) is 0 Å². The van der Waals surface area contributed by atoms with Crippen LogP contribution >= 0.6 is 0 Å². The first-order valence-electron chi connectivity index (χ1n) is 7.04. The largest absolute Gasteiger partial charge is 0.215 e. The maximum Gasteiger partial charge on any atom is 0.215 e. The summed E-state index contributed by atoms with van der Waals surface area (Å²) in [7, 11) is -3.30. The van der Waals surface area contributed by atoms with Gasteiger partial charge in [-0.05, 0) is 24.0 Å². The van der Waals surface area contributed by atoms with Crippen molar-refractivity contribution in [2.45, 2.75) is 25.5 Å². The third kappa shape index (κ3) is 4.99. The van der Waals surface area contributed by atoms with Crippen LogP contribution in [0, 0.1) is 6.92 Å². The number of hydrogen-bond acceptors (Lipinski definition) is 2. The fourth-order valence-corrected chi connectivity index (χ4v) is 3.45. The van der Waals surface area contributed by atoms with Gasteiger partial charge in [0.25, 0.3) is 0 Å². The number of nitrogens with one attached hydrogen (secondary N) is 1. The van der Waals surface area contributed by atoms with Gasteiger partial charge in [0.1, 0.15) is 0 Å². The van der Waals surface area contributed by atoms with Crippen molar-refractivity contribution in [3.8, 4) is 0 Å². The topological polar surface area (TPSA) is 46.2 Å². The Labute approximate surface area is 127 Å². The van der Waals surface area contributed by atoms with Crippen LogP contribution in [0.15, 0.2) is 54.6 Å². The van der Waals surface area contributed by atoms with Crippen LogP contribution in [0.4, 0.5) is 0 Å². The van der Waals surface area contributed by atoms with Crippen molar-refractivity contribution in [1.82, 2.24) is 4.72 Å². The molecule has 0 aliphatic carbocycles. The van der Waals surface area contributed by atoms with E-state index in [4.69, 9.17) is 0 Å². The minimum absolute atomic E-state index is 0.0240. The second kappa shape index (κ2) is 6.87. The minimum atomic E-state index is -3.30. The van der Waals surface area contributed by atoms with Crippen LogP contribution in [0.5, 0.6) is 0 Å². The summed E-state index contributed by atoms with van der Waals surface area (Å²) in [5.41, 5.74) is 3.02. The zero-order valence-electron chi connectivity index (χ0n) is 12.4. The molecule has 4 heteroatoms. The van der Waals surface area contributed by atoms with Gasteiger partial charge in [-0.1, -0.05) is 67.1 Å². The summed E-state index contributed by atoms with van der Waals surface area (Å²) in [4.78, 5) is 0. The van der Waals surface area contributed by atoms with Gasteiger partial charge in [0, 0.05) is 6.54 Å². The van der Waals surface area contributed by atoms with Gasteiger partial charge in [-0.2, -0.15) is 0 Å². The van der Waals surface area contributed by atoms with Gasteiger partial charge in [0.2, 0.25) is 10.0 Å². The lowest BCUT2D eigenvalue weighted by molar-refractivity contribution is 0.574. The molecule has 112 valence electrons. The van der Waals surface area contributed by atoms with Crippen molar-refractivity contribution in [3.63, 3.8) is 0 Å². The van der Waals surface area contributed by atoms with Gasteiger partial charge in [0.05, 0.1) is 5.75 Å². The molecule has 0 unspecified atom stereocenters. The molecule has 0 spiro atoms. The van der Waals surface area contributed by atoms with Gasteiger partial charge >= 0.3 is 0 Å². The van der Waals surface area contributed by atoms with Crippen LogP contribution in [0.1, 0.15) is 29.5 Å². The summed E-state index contributed by atoms with van der Waals surface area (Å²) in [6.45, 7) is 4.39. The average molecular weight is 303 g/mol. The normalized spacial score (nSPS) is 13.0. The number of benzene rings is 2. The van der Waals surface area contributed by atoms with E-state index >= 15 is 0 Å². The van der Waals surface area contributed by atoms with Crippen LogP contribution < -0.4 is 4.72 Å². The van der Waals surface area contributed by atoms with Gasteiger partial charge in [-0.25, -0.2) is 13.1 Å². The smallest absolute Gasteiger partial charge is 0.214 e. The van der Waals surface area contributed by atoms with Crippen LogP contribution in [-0.2, 0) is 15.8 Å². The standard InChI is InChI=1S/C17H21NO2S/c1-14-7-6-8-16(11-14)13-21(19,20)18-12-15(2)17-9-4-3-5-10-17/h3-11,15,18H,12-13H2,1-2H3/t15-/m1/s1. The molecule has 3 nitrogen and oxygen atoms in total. The lowest BCUT2D eigenvalue weighted by Crippen LogP contribution is -2.28. The molecule has 0 heterocycles. The Morgan fingerprint density at radius 3 is 2.43 bits per heavy atom. The highest BCUT2D eigenvalue weighted by Crippen LogP contribution is 2.14. The van der Waals surface area contributed by atoms with E-state index in [1.807, 2.05) is 68.4 Å². The highest BCUT2D eigenvalue weighted by Gasteiger charge is 2.14. The summed E-state index contributed by atoms with van der Waals surface area (Å²) in [6.07, 6.45) is 0. The number of sulfonamides is 1. The van der Waals surface area contributed by atoms with Crippen LogP contribution in [-0.4, -0.2) is 15.0 Å². The Hall–Kier alpha value is -1.65. The molecule has 0 fully saturated rings. The fourth-order valence-electron chi connectivity index (χ4n) is 2.22. The van der Waals surface area contributed by atoms with E-state index in [1.165, 1.54) is 0 Å². The van der Waals surface area contributed by atoms with Gasteiger partial charge in [-0.3, -0.25) is 0 Å². The molecule has 0 amide bonds. The summed E-state index contributed by atoms with van der Waals surface area (Å²) in [6, 6.07) is 17.5. The first-order chi connectivity index (χ1) is 9.96. The predicted molar refractivity (Wildman–Crippen MR) is 86.7 cm³/mol. The molecule has 2 aromatic rings. The minimum Gasteiger partial charge on any atom is -0.214 e. The molecule has 0 radical (unpaired) electrons. The van der Waals surface area contributed by atoms with Crippen LogP contribution in [0.3, 0.4) is 0 Å². The first-order valence-corrected chi connectivity index (χ1v) is 8.69. The van der Waals surface area contributed by atoms with Crippen molar-refractivity contribution in [2.24, 2.45) is 0 Å². The lowest BCUT2D eigenvalue weighted by atomic mass is 10.0. The van der Waals surface area contributed by atoms with Crippen LogP contribution in [0.25, 0.3) is 0 Å². The Morgan fingerprint density at radius 2 is 1.76 bits per heavy atom. The quantitative estimate of drug-likeness (QED) is 0.890.